The Labute approximate surface area is 195 Å². The van der Waals surface area contributed by atoms with Crippen molar-refractivity contribution in [2.45, 2.75) is 4.90 Å². The van der Waals surface area contributed by atoms with Crippen LogP contribution < -0.4 is 0 Å². The Morgan fingerprint density at radius 1 is 1.00 bits per heavy atom. The summed E-state index contributed by atoms with van der Waals surface area (Å²) in [5, 5.41) is 9.22. The van der Waals surface area contributed by atoms with Crippen LogP contribution in [0.2, 0.25) is 0 Å². The molecule has 1 fully saturated rings. The van der Waals surface area contributed by atoms with E-state index in [1.165, 1.54) is 46.0 Å². The molecule has 0 aliphatic carbocycles. The first-order chi connectivity index (χ1) is 15.9. The van der Waals surface area contributed by atoms with Crippen molar-refractivity contribution in [1.29, 1.82) is 5.26 Å². The minimum absolute atomic E-state index is 0.0122. The Morgan fingerprint density at radius 3 is 2.39 bits per heavy atom. The first kappa shape index (κ1) is 22.9. The van der Waals surface area contributed by atoms with E-state index in [4.69, 9.17) is 0 Å². The number of piperazine rings is 1. The van der Waals surface area contributed by atoms with Gasteiger partial charge in [-0.3, -0.25) is 4.79 Å². The molecule has 0 bridgehead atoms. The fraction of sp³-hybridized carbons (Fsp3) is 0.167. The van der Waals surface area contributed by atoms with E-state index >= 15 is 0 Å². The van der Waals surface area contributed by atoms with Crippen molar-refractivity contribution in [2.24, 2.45) is 0 Å². The first-order valence-corrected chi connectivity index (χ1v) is 12.5. The minimum atomic E-state index is -3.80. The van der Waals surface area contributed by atoms with Crippen LogP contribution in [0.4, 0.5) is 4.39 Å². The molecule has 6 nitrogen and oxygen atoms in total. The normalized spacial score (nSPS) is 15.0. The highest BCUT2D eigenvalue weighted by Crippen LogP contribution is 2.29. The molecule has 168 valence electrons. The van der Waals surface area contributed by atoms with Crippen LogP contribution in [-0.2, 0) is 14.8 Å². The number of nitriles is 1. The van der Waals surface area contributed by atoms with Crippen molar-refractivity contribution >= 4 is 33.3 Å². The Bertz CT molecular complexity index is 1330. The fourth-order valence-corrected chi connectivity index (χ4v) is 6.02. The van der Waals surface area contributed by atoms with Crippen LogP contribution in [-0.4, -0.2) is 49.7 Å². The van der Waals surface area contributed by atoms with Crippen molar-refractivity contribution in [3.8, 4) is 16.5 Å². The lowest BCUT2D eigenvalue weighted by atomic mass is 10.2. The SMILES string of the molecule is N#Cc1ccccc1S(=O)(=O)N1CCN(C(=O)/C=C/c2ccc(-c3ccc(F)cc3)s2)CC1. The molecule has 9 heteroatoms. The van der Waals surface area contributed by atoms with Crippen LogP contribution in [0, 0.1) is 17.1 Å². The molecule has 2 heterocycles. The summed E-state index contributed by atoms with van der Waals surface area (Å²) in [5.74, 6) is -0.482. The molecule has 0 radical (unpaired) electrons. The number of amides is 1. The second-order valence-corrected chi connectivity index (χ2v) is 10.4. The van der Waals surface area contributed by atoms with Gasteiger partial charge in [-0.25, -0.2) is 12.8 Å². The standard InChI is InChI=1S/C24H20FN3O3S2/c25-20-7-5-18(6-8-20)22-11-9-21(32-22)10-12-24(29)27-13-15-28(16-14-27)33(30,31)23-4-2-1-3-19(23)17-26/h1-12H,13-16H2/b12-10+. The van der Waals surface area contributed by atoms with Gasteiger partial charge in [0, 0.05) is 42.0 Å². The van der Waals surface area contributed by atoms with Crippen LogP contribution in [0.3, 0.4) is 0 Å². The van der Waals surface area contributed by atoms with Gasteiger partial charge in [-0.15, -0.1) is 11.3 Å². The summed E-state index contributed by atoms with van der Waals surface area (Å²) >= 11 is 1.49. The molecule has 33 heavy (non-hydrogen) atoms. The van der Waals surface area contributed by atoms with Crippen molar-refractivity contribution in [1.82, 2.24) is 9.21 Å². The third-order valence-corrected chi connectivity index (χ3v) is 8.38. The molecule has 1 aromatic heterocycles. The lowest BCUT2D eigenvalue weighted by Crippen LogP contribution is -2.50. The number of hydrogen-bond donors (Lipinski definition) is 0. The number of hydrogen-bond acceptors (Lipinski definition) is 5. The molecule has 3 aromatic rings. The Hall–Kier alpha value is -3.32. The van der Waals surface area contributed by atoms with Crippen LogP contribution in [0.1, 0.15) is 10.4 Å². The molecule has 0 unspecified atom stereocenters. The van der Waals surface area contributed by atoms with E-state index in [-0.39, 0.29) is 48.4 Å². The topological polar surface area (TPSA) is 81.5 Å². The van der Waals surface area contributed by atoms with Gasteiger partial charge in [-0.05, 0) is 48.0 Å². The van der Waals surface area contributed by atoms with Crippen LogP contribution in [0.15, 0.2) is 71.6 Å². The number of carbonyl (C=O) groups excluding carboxylic acids is 1. The van der Waals surface area contributed by atoms with Gasteiger partial charge < -0.3 is 4.90 Å². The maximum absolute atomic E-state index is 13.1. The summed E-state index contributed by atoms with van der Waals surface area (Å²) in [7, 11) is -3.80. The zero-order valence-corrected chi connectivity index (χ0v) is 19.2. The lowest BCUT2D eigenvalue weighted by molar-refractivity contribution is -0.127. The Kier molecular flexibility index (Phi) is 6.70. The van der Waals surface area contributed by atoms with Crippen molar-refractivity contribution in [3.05, 3.63) is 83.0 Å². The average Bonchev–Trinajstić information content (AvgIpc) is 3.32. The molecule has 1 amide bonds. The maximum Gasteiger partial charge on any atom is 0.246 e. The summed E-state index contributed by atoms with van der Waals surface area (Å²) in [6.45, 7) is 0.857. The molecule has 1 aliphatic rings. The van der Waals surface area contributed by atoms with Gasteiger partial charge in [0.05, 0.1) is 10.5 Å². The lowest BCUT2D eigenvalue weighted by Gasteiger charge is -2.33. The smallest absolute Gasteiger partial charge is 0.246 e. The third-order valence-electron chi connectivity index (χ3n) is 5.32. The van der Waals surface area contributed by atoms with E-state index in [1.54, 1.807) is 35.2 Å². The summed E-state index contributed by atoms with van der Waals surface area (Å²) in [6.07, 6.45) is 3.21. The highest BCUT2D eigenvalue weighted by molar-refractivity contribution is 7.89. The Morgan fingerprint density at radius 2 is 1.70 bits per heavy atom. The van der Waals surface area contributed by atoms with Crippen LogP contribution in [0.25, 0.3) is 16.5 Å². The van der Waals surface area contributed by atoms with E-state index in [9.17, 15) is 22.9 Å². The molecular formula is C24H20FN3O3S2. The van der Waals surface area contributed by atoms with E-state index in [2.05, 4.69) is 0 Å². The number of halogens is 1. The van der Waals surface area contributed by atoms with Gasteiger partial charge >= 0.3 is 0 Å². The van der Waals surface area contributed by atoms with Gasteiger partial charge in [-0.1, -0.05) is 24.3 Å². The monoisotopic (exact) mass is 481 g/mol. The quantitative estimate of drug-likeness (QED) is 0.517. The molecule has 0 atom stereocenters. The molecule has 2 aromatic carbocycles. The molecular weight excluding hydrogens is 461 g/mol. The molecule has 0 N–H and O–H groups in total. The molecule has 1 aliphatic heterocycles. The van der Waals surface area contributed by atoms with Crippen LogP contribution in [0.5, 0.6) is 0 Å². The van der Waals surface area contributed by atoms with E-state index < -0.39 is 10.0 Å². The number of sulfonamides is 1. The molecule has 0 saturated carbocycles. The highest BCUT2D eigenvalue weighted by Gasteiger charge is 2.31. The van der Waals surface area contributed by atoms with Gasteiger partial charge in [-0.2, -0.15) is 9.57 Å². The number of thiophene rings is 1. The predicted octanol–water partition coefficient (Wildman–Crippen LogP) is 3.97. The van der Waals surface area contributed by atoms with Gasteiger partial charge in [0.15, 0.2) is 0 Å². The van der Waals surface area contributed by atoms with Gasteiger partial charge in [0.25, 0.3) is 0 Å². The third kappa shape index (κ3) is 5.03. The largest absolute Gasteiger partial charge is 0.337 e. The maximum atomic E-state index is 13.1. The van der Waals surface area contributed by atoms with Crippen molar-refractivity contribution in [3.63, 3.8) is 0 Å². The summed E-state index contributed by atoms with van der Waals surface area (Å²) in [6, 6.07) is 18.1. The molecule has 0 spiro atoms. The Balaban J connectivity index is 1.37. The highest BCUT2D eigenvalue weighted by atomic mass is 32.2. The van der Waals surface area contributed by atoms with Gasteiger partial charge in [0.1, 0.15) is 11.9 Å². The average molecular weight is 482 g/mol. The second-order valence-electron chi connectivity index (χ2n) is 7.38. The fourth-order valence-electron chi connectivity index (χ4n) is 3.54. The number of nitrogens with zero attached hydrogens (tertiary/aromatic N) is 3. The number of benzene rings is 2. The van der Waals surface area contributed by atoms with E-state index in [0.717, 1.165) is 15.3 Å². The van der Waals surface area contributed by atoms with E-state index in [1.807, 2.05) is 18.2 Å². The second kappa shape index (κ2) is 9.67. The predicted molar refractivity (Wildman–Crippen MR) is 125 cm³/mol. The first-order valence-electron chi connectivity index (χ1n) is 10.2. The van der Waals surface area contributed by atoms with Crippen LogP contribution >= 0.6 is 11.3 Å². The summed E-state index contributed by atoms with van der Waals surface area (Å²) in [4.78, 5) is 16.1. The summed E-state index contributed by atoms with van der Waals surface area (Å²) < 4.78 is 40.3. The van der Waals surface area contributed by atoms with Crippen molar-refractivity contribution < 1.29 is 17.6 Å². The molecule has 4 rings (SSSR count). The minimum Gasteiger partial charge on any atom is -0.337 e. The van der Waals surface area contributed by atoms with Crippen molar-refractivity contribution in [2.75, 3.05) is 26.2 Å². The zero-order valence-electron chi connectivity index (χ0n) is 17.5. The molecule has 1 saturated heterocycles. The zero-order chi connectivity index (χ0) is 23.4. The van der Waals surface area contributed by atoms with Gasteiger partial charge in [0.2, 0.25) is 15.9 Å². The van der Waals surface area contributed by atoms with E-state index in [0.29, 0.717) is 0 Å². The number of carbonyl (C=O) groups is 1. The number of rotatable bonds is 5. The summed E-state index contributed by atoms with van der Waals surface area (Å²) in [5.41, 5.74) is 1.01.